The monoisotopic (exact) mass is 202 g/mol. The van der Waals surface area contributed by atoms with Gasteiger partial charge in [-0.2, -0.15) is 0 Å². The summed E-state index contributed by atoms with van der Waals surface area (Å²) in [7, 11) is 0.584. The van der Waals surface area contributed by atoms with Crippen molar-refractivity contribution < 1.29 is 12.4 Å². The van der Waals surface area contributed by atoms with Crippen LogP contribution in [0.5, 0.6) is 0 Å². The van der Waals surface area contributed by atoms with Crippen molar-refractivity contribution in [2.45, 2.75) is 6.42 Å². The molecule has 12 heavy (non-hydrogen) atoms. The Morgan fingerprint density at radius 1 is 1.08 bits per heavy atom. The van der Waals surface area contributed by atoms with E-state index in [1.807, 2.05) is 0 Å². The van der Waals surface area contributed by atoms with Crippen LogP contribution in [0.25, 0.3) is 0 Å². The Morgan fingerprint density at radius 2 is 1.67 bits per heavy atom. The molecule has 0 heterocycles. The minimum absolute atomic E-state index is 0. The molecule has 0 saturated heterocycles. The molecule has 0 atom stereocenters. The lowest BCUT2D eigenvalue weighted by Gasteiger charge is -1.97. The van der Waals surface area contributed by atoms with Crippen molar-refractivity contribution >= 4 is 10.9 Å². The molecule has 0 fully saturated rings. The van der Waals surface area contributed by atoms with Crippen LogP contribution in [0, 0.1) is 0 Å². The topological polar surface area (TPSA) is 0 Å². The molecular weight excluding hydrogens is 188 g/mol. The fraction of sp³-hybridized carbons (Fsp3) is 0.400. The lowest BCUT2D eigenvalue weighted by Crippen LogP contribution is -3.00. The van der Waals surface area contributed by atoms with E-state index >= 15 is 0 Å². The lowest BCUT2D eigenvalue weighted by molar-refractivity contribution is -0.00000239. The molecule has 0 N–H and O–H groups in total. The van der Waals surface area contributed by atoms with Crippen LogP contribution in [0.1, 0.15) is 5.56 Å². The van der Waals surface area contributed by atoms with E-state index in [2.05, 4.69) is 42.8 Å². The van der Waals surface area contributed by atoms with Crippen molar-refractivity contribution in [3.05, 3.63) is 35.9 Å². The van der Waals surface area contributed by atoms with Gasteiger partial charge in [-0.05, 0) is 16.5 Å². The first kappa shape index (κ1) is 11.9. The molecule has 0 amide bonds. The second kappa shape index (κ2) is 6.38. The molecule has 0 aliphatic rings. The highest BCUT2D eigenvalue weighted by molar-refractivity contribution is 7.95. The summed E-state index contributed by atoms with van der Waals surface area (Å²) in [4.78, 5) is 0. The SMILES string of the molecule is C[S+](C)CCc1ccccc1.[Cl-]. The fourth-order valence-corrected chi connectivity index (χ4v) is 1.61. The fourth-order valence-electron chi connectivity index (χ4n) is 0.967. The molecule has 0 aromatic heterocycles. The predicted molar refractivity (Wildman–Crippen MR) is 54.2 cm³/mol. The standard InChI is InChI=1S/C10H15S.ClH/c1-11(2)9-8-10-6-4-3-5-7-10;/h3-7H,8-9H2,1-2H3;1H/q+1;/p-1. The molecule has 2 heteroatoms. The van der Waals surface area contributed by atoms with Crippen LogP contribution in [0.4, 0.5) is 0 Å². The molecule has 1 rings (SSSR count). The second-order valence-corrected chi connectivity index (χ2v) is 5.30. The third kappa shape index (κ3) is 4.68. The van der Waals surface area contributed by atoms with Gasteiger partial charge < -0.3 is 12.4 Å². The summed E-state index contributed by atoms with van der Waals surface area (Å²) < 4.78 is 0. The molecule has 0 saturated carbocycles. The minimum atomic E-state index is 0. The van der Waals surface area contributed by atoms with Crippen LogP contribution in [0.3, 0.4) is 0 Å². The van der Waals surface area contributed by atoms with Crippen LogP contribution in [0.15, 0.2) is 30.3 Å². The average Bonchev–Trinajstić information content (AvgIpc) is 2.03. The van der Waals surface area contributed by atoms with Crippen LogP contribution in [-0.2, 0) is 17.3 Å². The molecule has 0 unspecified atom stereocenters. The molecule has 0 aliphatic carbocycles. The van der Waals surface area contributed by atoms with Gasteiger partial charge in [0.15, 0.2) is 0 Å². The van der Waals surface area contributed by atoms with Gasteiger partial charge in [0, 0.05) is 6.42 Å². The van der Waals surface area contributed by atoms with Crippen molar-refractivity contribution in [2.75, 3.05) is 18.3 Å². The van der Waals surface area contributed by atoms with Gasteiger partial charge in [0.25, 0.3) is 0 Å². The Hall–Kier alpha value is -0.140. The molecule has 1 aromatic rings. The smallest absolute Gasteiger partial charge is 0.111 e. The Morgan fingerprint density at radius 3 is 2.17 bits per heavy atom. The summed E-state index contributed by atoms with van der Waals surface area (Å²) in [6.07, 6.45) is 5.82. The van der Waals surface area contributed by atoms with Crippen LogP contribution in [-0.4, -0.2) is 18.3 Å². The molecule has 68 valence electrons. The van der Waals surface area contributed by atoms with Gasteiger partial charge in [0.2, 0.25) is 0 Å². The van der Waals surface area contributed by atoms with Gasteiger partial charge in [-0.3, -0.25) is 0 Å². The summed E-state index contributed by atoms with van der Waals surface area (Å²) in [5.74, 6) is 1.32. The third-order valence-electron chi connectivity index (χ3n) is 1.64. The summed E-state index contributed by atoms with van der Waals surface area (Å²) in [5.41, 5.74) is 1.47. The van der Waals surface area contributed by atoms with Crippen molar-refractivity contribution in [1.29, 1.82) is 0 Å². The Kier molecular flexibility index (Phi) is 6.31. The molecule has 0 radical (unpaired) electrons. The van der Waals surface area contributed by atoms with E-state index < -0.39 is 0 Å². The van der Waals surface area contributed by atoms with Crippen molar-refractivity contribution in [3.63, 3.8) is 0 Å². The lowest BCUT2D eigenvalue weighted by atomic mass is 10.2. The van der Waals surface area contributed by atoms with Gasteiger partial charge in [0.05, 0.1) is 12.5 Å². The van der Waals surface area contributed by atoms with E-state index in [1.54, 1.807) is 0 Å². The van der Waals surface area contributed by atoms with Crippen molar-refractivity contribution in [3.8, 4) is 0 Å². The van der Waals surface area contributed by atoms with Gasteiger partial charge in [-0.15, -0.1) is 0 Å². The summed E-state index contributed by atoms with van der Waals surface area (Å²) in [6, 6.07) is 10.7. The highest BCUT2D eigenvalue weighted by Crippen LogP contribution is 2.00. The van der Waals surface area contributed by atoms with Crippen LogP contribution >= 0.6 is 0 Å². The molecular formula is C10H15ClS. The summed E-state index contributed by atoms with van der Waals surface area (Å²) in [6.45, 7) is 0. The molecule has 1 aromatic carbocycles. The van der Waals surface area contributed by atoms with E-state index in [0.29, 0.717) is 10.9 Å². The van der Waals surface area contributed by atoms with E-state index in [-0.39, 0.29) is 12.4 Å². The second-order valence-electron chi connectivity index (χ2n) is 2.93. The first-order chi connectivity index (χ1) is 5.29. The highest BCUT2D eigenvalue weighted by atomic mass is 35.5. The van der Waals surface area contributed by atoms with E-state index in [1.165, 1.54) is 17.7 Å². The quantitative estimate of drug-likeness (QED) is 0.559. The zero-order valence-corrected chi connectivity index (χ0v) is 9.16. The van der Waals surface area contributed by atoms with Crippen molar-refractivity contribution in [1.82, 2.24) is 0 Å². The molecule has 0 aliphatic heterocycles. The number of benzene rings is 1. The number of halogens is 1. The summed E-state index contributed by atoms with van der Waals surface area (Å²) in [5, 5.41) is 0. The Labute approximate surface area is 84.1 Å². The number of aryl methyl sites for hydroxylation is 1. The maximum Gasteiger partial charge on any atom is 0.111 e. The predicted octanol–water partition coefficient (Wildman–Crippen LogP) is -0.889. The minimum Gasteiger partial charge on any atom is -1.00 e. The van der Waals surface area contributed by atoms with Gasteiger partial charge >= 0.3 is 0 Å². The normalized spacial score (nSPS) is 9.58. The van der Waals surface area contributed by atoms with E-state index in [4.69, 9.17) is 0 Å². The zero-order chi connectivity index (χ0) is 8.10. The first-order valence-corrected chi connectivity index (χ1v) is 6.08. The highest BCUT2D eigenvalue weighted by Gasteiger charge is 2.01. The van der Waals surface area contributed by atoms with Gasteiger partial charge in [-0.25, -0.2) is 0 Å². The maximum absolute atomic E-state index is 2.29. The number of hydrogen-bond donors (Lipinski definition) is 0. The molecule has 0 bridgehead atoms. The van der Waals surface area contributed by atoms with Crippen LogP contribution < -0.4 is 12.4 Å². The third-order valence-corrected chi connectivity index (χ3v) is 2.66. The van der Waals surface area contributed by atoms with Crippen LogP contribution in [0.2, 0.25) is 0 Å². The molecule has 0 spiro atoms. The summed E-state index contributed by atoms with van der Waals surface area (Å²) >= 11 is 0. The molecule has 0 nitrogen and oxygen atoms in total. The number of rotatable bonds is 3. The van der Waals surface area contributed by atoms with Gasteiger partial charge in [0.1, 0.15) is 5.75 Å². The largest absolute Gasteiger partial charge is 1.00 e. The van der Waals surface area contributed by atoms with E-state index in [0.717, 1.165) is 0 Å². The maximum atomic E-state index is 2.29. The Bertz CT molecular complexity index is 196. The van der Waals surface area contributed by atoms with Gasteiger partial charge in [-0.1, -0.05) is 30.3 Å². The Balaban J connectivity index is 0.00000121. The zero-order valence-electron chi connectivity index (χ0n) is 7.59. The first-order valence-electron chi connectivity index (χ1n) is 3.87. The average molecular weight is 203 g/mol. The van der Waals surface area contributed by atoms with E-state index in [9.17, 15) is 0 Å². The number of hydrogen-bond acceptors (Lipinski definition) is 0. The van der Waals surface area contributed by atoms with Crippen molar-refractivity contribution in [2.24, 2.45) is 0 Å².